The van der Waals surface area contributed by atoms with Gasteiger partial charge in [0.15, 0.2) is 11.9 Å². The largest absolute Gasteiger partial charge is 0.338 e. The summed E-state index contributed by atoms with van der Waals surface area (Å²) < 4.78 is 0. The van der Waals surface area contributed by atoms with Gasteiger partial charge >= 0.3 is 0 Å². The second kappa shape index (κ2) is 17.7. The van der Waals surface area contributed by atoms with Gasteiger partial charge in [-0.15, -0.1) is 0 Å². The van der Waals surface area contributed by atoms with Gasteiger partial charge in [-0.05, 0) is 191 Å². The highest BCUT2D eigenvalue weighted by molar-refractivity contribution is 5.97. The molecule has 4 N–H and O–H groups in total. The van der Waals surface area contributed by atoms with Crippen LogP contribution in [-0.4, -0.2) is 94.7 Å². The van der Waals surface area contributed by atoms with Crippen LogP contribution >= 0.6 is 0 Å². The van der Waals surface area contributed by atoms with Crippen LogP contribution in [0.2, 0.25) is 0 Å². The van der Waals surface area contributed by atoms with Crippen LogP contribution in [0.4, 0.5) is 11.4 Å². The van der Waals surface area contributed by atoms with Crippen LogP contribution in [-0.2, 0) is 22.4 Å². The number of rotatable bonds is 17. The van der Waals surface area contributed by atoms with E-state index in [1.807, 2.05) is 34.1 Å². The molecule has 10 heteroatoms. The predicted octanol–water partition coefficient (Wildman–Crippen LogP) is 9.49. The lowest BCUT2D eigenvalue weighted by molar-refractivity contribution is -0.117. The molecule has 0 radical (unpaired) electrons. The molecule has 8 bridgehead atoms. The molecule has 344 valence electrons. The third kappa shape index (κ3) is 9.29. The molecule has 3 aromatic rings. The summed E-state index contributed by atoms with van der Waals surface area (Å²) in [5.41, 5.74) is 4.83. The molecule has 8 saturated carbocycles. The Kier molecular flexibility index (Phi) is 11.7. The van der Waals surface area contributed by atoms with Crippen molar-refractivity contribution in [2.45, 2.75) is 121 Å². The van der Waals surface area contributed by atoms with E-state index >= 15 is 0 Å². The van der Waals surface area contributed by atoms with Crippen molar-refractivity contribution < 1.29 is 9.59 Å². The number of hydrogen-bond acceptors (Lipinski definition) is 4. The molecular formula is C55H72N8O2. The number of guanidine groups is 2. The van der Waals surface area contributed by atoms with E-state index in [0.29, 0.717) is 47.2 Å². The van der Waals surface area contributed by atoms with E-state index in [4.69, 9.17) is 0 Å². The summed E-state index contributed by atoms with van der Waals surface area (Å²) in [4.78, 5) is 35.6. The zero-order valence-corrected chi connectivity index (χ0v) is 38.6. The van der Waals surface area contributed by atoms with Crippen LogP contribution in [0.5, 0.6) is 0 Å². The molecule has 65 heavy (non-hydrogen) atoms. The minimum absolute atomic E-state index is 0.126. The van der Waals surface area contributed by atoms with Gasteiger partial charge in [-0.3, -0.25) is 20.4 Å². The molecule has 2 amide bonds. The molecule has 2 heterocycles. The van der Waals surface area contributed by atoms with Gasteiger partial charge in [0.25, 0.3) is 0 Å². The number of nitrogens with one attached hydrogen (secondary N) is 4. The van der Waals surface area contributed by atoms with Gasteiger partial charge in [-0.2, -0.15) is 0 Å². The SMILES string of the molecule is N=C1N(CC(=O)Nc2ccc(NC(=O)CN3C[C@H](Cc4ccccc4)N(CCC45CC6CC(CC(C6)C4)C5)C3=N)cc2)C[C@H](Cc2ccccc2)N1CCCC12CC3CC(CC(C3)C1)C2. The van der Waals surface area contributed by atoms with Gasteiger partial charge in [0.05, 0.1) is 12.1 Å². The van der Waals surface area contributed by atoms with Crippen molar-refractivity contribution in [3.63, 3.8) is 0 Å². The number of amides is 2. The van der Waals surface area contributed by atoms with Crippen molar-refractivity contribution >= 4 is 35.1 Å². The number of anilines is 2. The molecule has 2 saturated heterocycles. The zero-order valence-electron chi connectivity index (χ0n) is 38.6. The Balaban J connectivity index is 0.678. The first-order valence-corrected chi connectivity index (χ1v) is 25.6. The third-order valence-electron chi connectivity index (χ3n) is 18.0. The van der Waals surface area contributed by atoms with E-state index in [9.17, 15) is 20.4 Å². The minimum Gasteiger partial charge on any atom is -0.338 e. The molecule has 0 unspecified atom stereocenters. The average Bonchev–Trinajstić information content (AvgIpc) is 3.71. The molecule has 0 spiro atoms. The Morgan fingerprint density at radius 1 is 0.508 bits per heavy atom. The summed E-state index contributed by atoms with van der Waals surface area (Å²) in [5.74, 6) is 6.24. The number of nitrogens with zero attached hydrogens (tertiary/aromatic N) is 4. The molecule has 0 aromatic heterocycles. The van der Waals surface area contributed by atoms with Crippen molar-refractivity contribution in [3.05, 3.63) is 96.1 Å². The lowest BCUT2D eigenvalue weighted by atomic mass is 9.48. The van der Waals surface area contributed by atoms with Crippen LogP contribution in [0.1, 0.15) is 107 Å². The van der Waals surface area contributed by atoms with Crippen LogP contribution in [0.25, 0.3) is 0 Å². The number of carbonyl (C=O) groups excluding carboxylic acids is 2. The Hall–Kier alpha value is -4.86. The summed E-state index contributed by atoms with van der Waals surface area (Å²) >= 11 is 0. The first-order valence-electron chi connectivity index (χ1n) is 25.6. The molecule has 3 aromatic carbocycles. The molecule has 8 aliphatic carbocycles. The monoisotopic (exact) mass is 877 g/mol. The number of carbonyl (C=O) groups is 2. The Bertz CT molecular complexity index is 2140. The average molecular weight is 877 g/mol. The second-order valence-electron chi connectivity index (χ2n) is 22.8. The summed E-state index contributed by atoms with van der Waals surface area (Å²) in [6, 6.07) is 28.8. The Morgan fingerprint density at radius 2 is 0.877 bits per heavy atom. The molecule has 10 aliphatic rings. The maximum absolute atomic E-state index is 13.6. The fraction of sp³-hybridized carbons (Fsp3) is 0.600. The summed E-state index contributed by atoms with van der Waals surface area (Å²) in [6.45, 7) is 3.33. The van der Waals surface area contributed by atoms with E-state index in [1.54, 1.807) is 0 Å². The summed E-state index contributed by atoms with van der Waals surface area (Å²) in [7, 11) is 0. The second-order valence-corrected chi connectivity index (χ2v) is 22.8. The first-order chi connectivity index (χ1) is 31.6. The zero-order chi connectivity index (χ0) is 44.1. The highest BCUT2D eigenvalue weighted by Crippen LogP contribution is 2.62. The Labute approximate surface area is 387 Å². The molecule has 10 fully saturated rings. The first kappa shape index (κ1) is 42.8. The highest BCUT2D eigenvalue weighted by atomic mass is 16.2. The van der Waals surface area contributed by atoms with Crippen LogP contribution in [0, 0.1) is 57.2 Å². The van der Waals surface area contributed by atoms with Crippen molar-refractivity contribution in [2.75, 3.05) is 49.9 Å². The molecule has 2 atom stereocenters. The fourth-order valence-electron chi connectivity index (χ4n) is 16.1. The quantitative estimate of drug-likeness (QED) is 0.107. The van der Waals surface area contributed by atoms with Crippen molar-refractivity contribution in [1.29, 1.82) is 10.8 Å². The number of benzene rings is 3. The molecular weight excluding hydrogens is 805 g/mol. The lowest BCUT2D eigenvalue weighted by Crippen LogP contribution is -2.48. The highest BCUT2D eigenvalue weighted by Gasteiger charge is 2.52. The van der Waals surface area contributed by atoms with E-state index in [1.165, 1.54) is 94.6 Å². The molecule has 13 rings (SSSR count). The minimum atomic E-state index is -0.147. The molecule has 10 nitrogen and oxygen atoms in total. The number of hydrogen-bond donors (Lipinski definition) is 4. The Morgan fingerprint density at radius 3 is 1.28 bits per heavy atom. The van der Waals surface area contributed by atoms with Gasteiger partial charge in [0.2, 0.25) is 11.8 Å². The predicted molar refractivity (Wildman–Crippen MR) is 259 cm³/mol. The normalized spacial score (nSPS) is 33.1. The van der Waals surface area contributed by atoms with E-state index in [-0.39, 0.29) is 37.0 Å². The summed E-state index contributed by atoms with van der Waals surface area (Å²) in [5, 5.41) is 24.8. The van der Waals surface area contributed by atoms with Crippen LogP contribution in [0.15, 0.2) is 84.9 Å². The topological polar surface area (TPSA) is 119 Å². The van der Waals surface area contributed by atoms with Crippen molar-refractivity contribution in [3.8, 4) is 0 Å². The van der Waals surface area contributed by atoms with Crippen molar-refractivity contribution in [1.82, 2.24) is 19.6 Å². The van der Waals surface area contributed by atoms with Crippen molar-refractivity contribution in [2.24, 2.45) is 46.3 Å². The summed E-state index contributed by atoms with van der Waals surface area (Å²) in [6.07, 6.45) is 22.4. The van der Waals surface area contributed by atoms with Gasteiger partial charge in [0.1, 0.15) is 13.1 Å². The van der Waals surface area contributed by atoms with Gasteiger partial charge in [-0.25, -0.2) is 0 Å². The maximum Gasteiger partial charge on any atom is 0.244 e. The van der Waals surface area contributed by atoms with E-state index < -0.39 is 0 Å². The smallest absolute Gasteiger partial charge is 0.244 e. The molecule has 2 aliphatic heterocycles. The van der Waals surface area contributed by atoms with Gasteiger partial charge < -0.3 is 30.2 Å². The standard InChI is InChI=1S/C55H72N8O2/c56-52-60(34-48(26-38-8-3-1-4-9-38)62(52)18-7-16-54-28-40-20-41(29-54)22-42(21-40)30-54)36-50(64)58-46-12-14-47(15-13-46)59-51(65)37-61-35-49(27-39-10-5-2-6-11-39)63(53(61)57)19-17-55-31-43-23-44(32-55)25-45(24-43)33-55/h1-6,8-15,40-45,48-49,56-57H,7,16-37H2,(H,58,64)(H,59,65)/t40?,41?,42?,43?,44?,45?,48-,49-,54?,55?/m0/s1. The van der Waals surface area contributed by atoms with E-state index in [0.717, 1.165) is 74.3 Å². The van der Waals surface area contributed by atoms with Gasteiger partial charge in [-0.1, -0.05) is 60.7 Å². The lowest BCUT2D eigenvalue weighted by Gasteiger charge is -2.57. The fourth-order valence-corrected chi connectivity index (χ4v) is 16.1. The maximum atomic E-state index is 13.6. The van der Waals surface area contributed by atoms with Crippen LogP contribution in [0.3, 0.4) is 0 Å². The van der Waals surface area contributed by atoms with E-state index in [2.05, 4.69) is 81.1 Å². The third-order valence-corrected chi connectivity index (χ3v) is 18.0. The van der Waals surface area contributed by atoms with Gasteiger partial charge in [0, 0.05) is 37.6 Å². The van der Waals surface area contributed by atoms with Crippen LogP contribution < -0.4 is 10.6 Å².